The minimum absolute atomic E-state index is 0.0850. The molecule has 0 fully saturated rings. The molecule has 0 aliphatic carbocycles. The number of aliphatic hydroxyl groups excluding tert-OH is 1. The topological polar surface area (TPSA) is 237 Å². The molecule has 3 N–H and O–H groups in total. The van der Waals surface area contributed by atoms with Crippen LogP contribution in [-0.4, -0.2) is 96.7 Å². The van der Waals surface area contributed by atoms with Gasteiger partial charge in [-0.25, -0.2) is 9.13 Å². The van der Waals surface area contributed by atoms with Gasteiger partial charge in [0.05, 0.1) is 26.4 Å². The lowest BCUT2D eigenvalue weighted by Crippen LogP contribution is -2.30. The molecule has 0 aromatic carbocycles. The van der Waals surface area contributed by atoms with Gasteiger partial charge in [-0.2, -0.15) is 0 Å². The lowest BCUT2D eigenvalue weighted by Gasteiger charge is -2.21. The molecule has 0 spiro atoms. The molecule has 97 heavy (non-hydrogen) atoms. The largest absolute Gasteiger partial charge is 0.472 e. The number of hydrogen-bond donors (Lipinski definition) is 3. The second-order valence-electron chi connectivity index (χ2n) is 28.8. The number of unbranched alkanes of at least 4 members (excludes halogenated alkanes) is 39. The lowest BCUT2D eigenvalue weighted by molar-refractivity contribution is -0.161. The molecule has 0 bridgehead atoms. The van der Waals surface area contributed by atoms with E-state index >= 15 is 0 Å². The molecule has 0 saturated carbocycles. The number of esters is 4. The molecule has 0 rings (SSSR count). The van der Waals surface area contributed by atoms with E-state index < -0.39 is 97.5 Å². The van der Waals surface area contributed by atoms with Crippen LogP contribution in [0.3, 0.4) is 0 Å². The number of carbonyl (C=O) groups excluding carboxylic acids is 4. The molecule has 19 heteroatoms. The van der Waals surface area contributed by atoms with E-state index in [0.717, 1.165) is 120 Å². The summed E-state index contributed by atoms with van der Waals surface area (Å²) in [5, 5.41) is 10.6. The highest BCUT2D eigenvalue weighted by atomic mass is 31.2. The minimum atomic E-state index is -4.97. The maximum atomic E-state index is 13.1. The smallest absolute Gasteiger partial charge is 0.462 e. The first-order valence-electron chi connectivity index (χ1n) is 39.7. The van der Waals surface area contributed by atoms with E-state index in [9.17, 15) is 43.2 Å². The van der Waals surface area contributed by atoms with Crippen LogP contribution in [0, 0.1) is 17.8 Å². The quantitative estimate of drug-likeness (QED) is 0.0169. The predicted molar refractivity (Wildman–Crippen MR) is 395 cm³/mol. The Labute approximate surface area is 592 Å². The Hall–Kier alpha value is -2.46. The van der Waals surface area contributed by atoms with Gasteiger partial charge in [-0.15, -0.1) is 0 Å². The Balaban J connectivity index is 5.28. The van der Waals surface area contributed by atoms with Gasteiger partial charge in [0.1, 0.15) is 19.3 Å². The standard InChI is InChI=1S/C78H148O17P2/c1-8-9-10-11-12-13-14-15-17-22-25-31-40-47-54-61-77(82)94-73(65-88-75(80)59-52-45-38-30-24-21-19-16-18-20-23-28-35-42-49-56-69(2)3)67-92-96(84,85)90-63-72(79)64-91-97(86,87)93-68-74(66-89-76(81)60-53-46-39-34-33-37-44-51-58-71(6)7)95-78(83)62-55-48-41-32-27-26-29-36-43-50-57-70(4)5/h13-15,17,69-74,79H,8-12,16,18-68H2,1-7H3,(H,84,85)(H,86,87)/b14-13-,17-15-/t72?,73-,74-/m1/s1. The number of rotatable bonds is 74. The molecular weight excluding hydrogens is 1270 g/mol. The highest BCUT2D eigenvalue weighted by molar-refractivity contribution is 7.47. The van der Waals surface area contributed by atoms with E-state index in [2.05, 4.69) is 72.8 Å². The van der Waals surface area contributed by atoms with Crippen LogP contribution in [0.5, 0.6) is 0 Å². The van der Waals surface area contributed by atoms with Crippen LogP contribution in [0.15, 0.2) is 24.3 Å². The first kappa shape index (κ1) is 94.5. The number of hydrogen-bond acceptors (Lipinski definition) is 15. The number of carbonyl (C=O) groups is 4. The van der Waals surface area contributed by atoms with Crippen molar-refractivity contribution in [1.82, 2.24) is 0 Å². The monoisotopic (exact) mass is 1420 g/mol. The van der Waals surface area contributed by atoms with Gasteiger partial charge in [-0.3, -0.25) is 37.3 Å². The fourth-order valence-electron chi connectivity index (χ4n) is 11.4. The number of aliphatic hydroxyl groups is 1. The molecule has 0 heterocycles. The number of allylic oxidation sites excluding steroid dienone is 4. The maximum Gasteiger partial charge on any atom is 0.472 e. The molecule has 0 radical (unpaired) electrons. The molecule has 0 saturated heterocycles. The molecule has 3 unspecified atom stereocenters. The van der Waals surface area contributed by atoms with Crippen LogP contribution in [0.4, 0.5) is 0 Å². The van der Waals surface area contributed by atoms with Crippen LogP contribution < -0.4 is 0 Å². The molecule has 0 aliphatic heterocycles. The second kappa shape index (κ2) is 68.0. The second-order valence-corrected chi connectivity index (χ2v) is 31.7. The van der Waals surface area contributed by atoms with Gasteiger partial charge in [-0.1, -0.05) is 323 Å². The summed E-state index contributed by atoms with van der Waals surface area (Å²) in [6.07, 6.45) is 57.7. The summed E-state index contributed by atoms with van der Waals surface area (Å²) in [6, 6.07) is 0. The summed E-state index contributed by atoms with van der Waals surface area (Å²) in [5.74, 6) is 0.133. The lowest BCUT2D eigenvalue weighted by atomic mass is 10.0. The van der Waals surface area contributed by atoms with Crippen molar-refractivity contribution in [2.45, 2.75) is 394 Å². The molecular formula is C78H148O17P2. The van der Waals surface area contributed by atoms with Gasteiger partial charge in [0.2, 0.25) is 0 Å². The average molecular weight is 1420 g/mol. The van der Waals surface area contributed by atoms with Crippen LogP contribution in [0.1, 0.15) is 376 Å². The fraction of sp³-hybridized carbons (Fsp3) is 0.897. The van der Waals surface area contributed by atoms with Gasteiger partial charge in [-0.05, 0) is 69.1 Å². The summed E-state index contributed by atoms with van der Waals surface area (Å²) in [5.41, 5.74) is 0. The molecule has 572 valence electrons. The predicted octanol–water partition coefficient (Wildman–Crippen LogP) is 22.5. The van der Waals surface area contributed by atoms with E-state index in [1.165, 1.54) is 173 Å². The number of phosphoric acid groups is 2. The van der Waals surface area contributed by atoms with Crippen LogP contribution >= 0.6 is 15.6 Å². The highest BCUT2D eigenvalue weighted by Gasteiger charge is 2.30. The SMILES string of the molecule is CCCCCC/C=C\C=C/CCCCCCCC(=O)O[C@H](COC(=O)CCCCCCCCCCCCCCCCCC(C)C)COP(=O)(O)OCC(O)COP(=O)(O)OC[C@@H](COC(=O)CCCCCCCCCCC(C)C)OC(=O)CCCCCCCCCCCCC(C)C. The number of ether oxygens (including phenoxy) is 4. The summed E-state index contributed by atoms with van der Waals surface area (Å²) in [6.45, 7) is 11.8. The third-order valence-electron chi connectivity index (χ3n) is 17.5. The van der Waals surface area contributed by atoms with Gasteiger partial charge in [0.25, 0.3) is 0 Å². The Morgan fingerprint density at radius 3 is 0.835 bits per heavy atom. The van der Waals surface area contributed by atoms with Gasteiger partial charge in [0.15, 0.2) is 12.2 Å². The van der Waals surface area contributed by atoms with Crippen molar-refractivity contribution in [3.8, 4) is 0 Å². The zero-order valence-corrected chi connectivity index (χ0v) is 64.8. The Morgan fingerprint density at radius 2 is 0.557 bits per heavy atom. The fourth-order valence-corrected chi connectivity index (χ4v) is 13.0. The van der Waals surface area contributed by atoms with Crippen molar-refractivity contribution in [3.63, 3.8) is 0 Å². The zero-order chi connectivity index (χ0) is 71.6. The molecule has 0 amide bonds. The van der Waals surface area contributed by atoms with Crippen molar-refractivity contribution in [1.29, 1.82) is 0 Å². The van der Waals surface area contributed by atoms with Crippen LogP contribution in [0.25, 0.3) is 0 Å². The molecule has 0 aromatic rings. The van der Waals surface area contributed by atoms with Crippen molar-refractivity contribution in [3.05, 3.63) is 24.3 Å². The molecule has 0 aromatic heterocycles. The van der Waals surface area contributed by atoms with Crippen molar-refractivity contribution >= 4 is 39.5 Å². The highest BCUT2D eigenvalue weighted by Crippen LogP contribution is 2.45. The number of phosphoric ester groups is 2. The van der Waals surface area contributed by atoms with Crippen LogP contribution in [-0.2, 0) is 65.4 Å². The van der Waals surface area contributed by atoms with E-state index in [4.69, 9.17) is 37.0 Å². The summed E-state index contributed by atoms with van der Waals surface area (Å²) in [7, 11) is -9.93. The van der Waals surface area contributed by atoms with Crippen molar-refractivity contribution in [2.24, 2.45) is 17.8 Å². The maximum absolute atomic E-state index is 13.1. The summed E-state index contributed by atoms with van der Waals surface area (Å²) >= 11 is 0. The van der Waals surface area contributed by atoms with E-state index in [1.54, 1.807) is 0 Å². The van der Waals surface area contributed by atoms with Gasteiger partial charge < -0.3 is 33.8 Å². The van der Waals surface area contributed by atoms with Crippen molar-refractivity contribution < 1.29 is 80.2 Å². The van der Waals surface area contributed by atoms with Crippen molar-refractivity contribution in [2.75, 3.05) is 39.6 Å². The van der Waals surface area contributed by atoms with E-state index in [-0.39, 0.29) is 25.7 Å². The van der Waals surface area contributed by atoms with Gasteiger partial charge in [0, 0.05) is 25.7 Å². The Morgan fingerprint density at radius 1 is 0.320 bits per heavy atom. The Bertz CT molecular complexity index is 1980. The third-order valence-corrected chi connectivity index (χ3v) is 19.4. The molecule has 17 nitrogen and oxygen atoms in total. The molecule has 0 aliphatic rings. The Kier molecular flexibility index (Phi) is 66.3. The van der Waals surface area contributed by atoms with Crippen LogP contribution in [0.2, 0.25) is 0 Å². The van der Waals surface area contributed by atoms with Gasteiger partial charge >= 0.3 is 39.5 Å². The minimum Gasteiger partial charge on any atom is -0.462 e. The first-order valence-corrected chi connectivity index (χ1v) is 42.7. The summed E-state index contributed by atoms with van der Waals surface area (Å²) < 4.78 is 68.5. The molecule has 5 atom stereocenters. The van der Waals surface area contributed by atoms with E-state index in [0.29, 0.717) is 25.7 Å². The summed E-state index contributed by atoms with van der Waals surface area (Å²) in [4.78, 5) is 72.9. The first-order chi connectivity index (χ1) is 46.7. The average Bonchev–Trinajstić information content (AvgIpc) is 1.22. The third kappa shape index (κ3) is 71.7. The zero-order valence-electron chi connectivity index (χ0n) is 63.0. The normalized spacial score (nSPS) is 14.2. The van der Waals surface area contributed by atoms with E-state index in [1.807, 2.05) is 0 Å².